The van der Waals surface area contributed by atoms with E-state index in [0.29, 0.717) is 11.3 Å². The maximum Gasteiger partial charge on any atom is 0.216 e. The van der Waals surface area contributed by atoms with Gasteiger partial charge in [0.2, 0.25) is 10.0 Å². The van der Waals surface area contributed by atoms with E-state index in [1.165, 1.54) is 0 Å². The molecule has 5 nitrogen and oxygen atoms in total. The van der Waals surface area contributed by atoms with Crippen molar-refractivity contribution in [1.82, 2.24) is 9.78 Å². The van der Waals surface area contributed by atoms with E-state index in [2.05, 4.69) is 5.10 Å². The third-order valence-corrected chi connectivity index (χ3v) is 3.69. The lowest BCUT2D eigenvalue weighted by Gasteiger charge is -2.09. The van der Waals surface area contributed by atoms with Crippen LogP contribution in [0, 0.1) is 13.8 Å². The first-order valence-electron chi connectivity index (χ1n) is 4.27. The molecule has 0 aromatic carbocycles. The maximum absolute atomic E-state index is 11.2. The van der Waals surface area contributed by atoms with E-state index in [-0.39, 0.29) is 0 Å². The molecule has 1 aromatic heterocycles. The molecular weight excluding hydrogens is 202 g/mol. The summed E-state index contributed by atoms with van der Waals surface area (Å²) in [5.41, 5.74) is 2.26. The van der Waals surface area contributed by atoms with Crippen LogP contribution in [0.1, 0.15) is 29.1 Å². The van der Waals surface area contributed by atoms with Gasteiger partial charge in [-0.1, -0.05) is 0 Å². The summed E-state index contributed by atoms with van der Waals surface area (Å²) in [6, 6.07) is 0. The van der Waals surface area contributed by atoms with E-state index in [9.17, 15) is 8.42 Å². The second-order valence-corrected chi connectivity index (χ2v) is 5.32. The molecule has 80 valence electrons. The first kappa shape index (κ1) is 11.2. The lowest BCUT2D eigenvalue weighted by atomic mass is 10.1. The molecule has 0 bridgehead atoms. The van der Waals surface area contributed by atoms with Crippen LogP contribution in [0.3, 0.4) is 0 Å². The molecule has 0 fully saturated rings. The van der Waals surface area contributed by atoms with E-state index in [1.807, 2.05) is 6.92 Å². The molecule has 0 amide bonds. The highest BCUT2D eigenvalue weighted by atomic mass is 32.2. The van der Waals surface area contributed by atoms with Gasteiger partial charge in [-0.25, -0.2) is 13.6 Å². The van der Waals surface area contributed by atoms with Crippen LogP contribution in [0.4, 0.5) is 0 Å². The van der Waals surface area contributed by atoms with Crippen molar-refractivity contribution in [1.29, 1.82) is 0 Å². The minimum Gasteiger partial charge on any atom is -0.272 e. The normalized spacial score (nSPS) is 14.4. The minimum absolute atomic E-state index is 0.698. The molecule has 0 radical (unpaired) electrons. The van der Waals surface area contributed by atoms with Crippen molar-refractivity contribution in [3.05, 3.63) is 17.0 Å². The van der Waals surface area contributed by atoms with Crippen LogP contribution in [0.2, 0.25) is 0 Å². The van der Waals surface area contributed by atoms with Crippen molar-refractivity contribution in [2.75, 3.05) is 0 Å². The molecule has 6 heteroatoms. The van der Waals surface area contributed by atoms with Gasteiger partial charge in [-0.05, 0) is 20.8 Å². The summed E-state index contributed by atoms with van der Waals surface area (Å²) in [7, 11) is -1.76. The SMILES string of the molecule is Cc1nn(C)c(C)c1C(C)S(N)(=O)=O. The van der Waals surface area contributed by atoms with E-state index >= 15 is 0 Å². The Bertz CT molecular complexity index is 447. The summed E-state index contributed by atoms with van der Waals surface area (Å²) >= 11 is 0. The van der Waals surface area contributed by atoms with Crippen molar-refractivity contribution in [3.63, 3.8) is 0 Å². The van der Waals surface area contributed by atoms with Gasteiger partial charge in [0.1, 0.15) is 5.25 Å². The molecule has 1 atom stereocenters. The fraction of sp³-hybridized carbons (Fsp3) is 0.625. The molecule has 0 spiro atoms. The molecule has 0 saturated heterocycles. The predicted molar refractivity (Wildman–Crippen MR) is 54.2 cm³/mol. The van der Waals surface area contributed by atoms with Crippen molar-refractivity contribution in [2.24, 2.45) is 12.2 Å². The van der Waals surface area contributed by atoms with Gasteiger partial charge >= 0.3 is 0 Å². The van der Waals surface area contributed by atoms with Gasteiger partial charge in [-0.15, -0.1) is 0 Å². The predicted octanol–water partition coefficient (Wildman–Crippen LogP) is 0.386. The van der Waals surface area contributed by atoms with E-state index in [4.69, 9.17) is 5.14 Å². The first-order chi connectivity index (χ1) is 6.25. The number of hydrogen-bond donors (Lipinski definition) is 1. The van der Waals surface area contributed by atoms with E-state index in [0.717, 1.165) is 5.69 Å². The Kier molecular flexibility index (Phi) is 2.69. The second-order valence-electron chi connectivity index (χ2n) is 3.44. The van der Waals surface area contributed by atoms with E-state index < -0.39 is 15.3 Å². The summed E-state index contributed by atoms with van der Waals surface area (Å²) in [6.45, 7) is 5.19. The fourth-order valence-corrected chi connectivity index (χ4v) is 2.21. The number of sulfonamides is 1. The van der Waals surface area contributed by atoms with Crippen molar-refractivity contribution in [2.45, 2.75) is 26.0 Å². The molecule has 1 unspecified atom stereocenters. The number of aromatic nitrogens is 2. The minimum atomic E-state index is -3.54. The Hall–Kier alpha value is -0.880. The van der Waals surface area contributed by atoms with Crippen LogP contribution in [0.5, 0.6) is 0 Å². The molecule has 1 rings (SSSR count). The molecule has 1 heterocycles. The third kappa shape index (κ3) is 1.80. The van der Waals surface area contributed by atoms with Gasteiger partial charge in [0.25, 0.3) is 0 Å². The molecular formula is C8H15N3O2S. The lowest BCUT2D eigenvalue weighted by Crippen LogP contribution is -2.20. The smallest absolute Gasteiger partial charge is 0.216 e. The maximum atomic E-state index is 11.2. The highest BCUT2D eigenvalue weighted by molar-refractivity contribution is 7.89. The molecule has 0 aliphatic rings. The molecule has 0 saturated carbocycles. The molecule has 2 N–H and O–H groups in total. The molecule has 0 aliphatic heterocycles. The zero-order valence-electron chi connectivity index (χ0n) is 8.77. The highest BCUT2D eigenvalue weighted by Gasteiger charge is 2.24. The number of nitrogens with zero attached hydrogens (tertiary/aromatic N) is 2. The number of primary sulfonamides is 1. The van der Waals surface area contributed by atoms with Crippen LogP contribution < -0.4 is 5.14 Å². The quantitative estimate of drug-likeness (QED) is 0.778. The van der Waals surface area contributed by atoms with Crippen LogP contribution in [0.25, 0.3) is 0 Å². The van der Waals surface area contributed by atoms with Gasteiger partial charge in [0.05, 0.1) is 5.69 Å². The van der Waals surface area contributed by atoms with Gasteiger partial charge in [-0.2, -0.15) is 5.10 Å². The molecule has 1 aromatic rings. The summed E-state index contributed by atoms with van der Waals surface area (Å²) in [4.78, 5) is 0. The average Bonchev–Trinajstić information content (AvgIpc) is 2.24. The van der Waals surface area contributed by atoms with Gasteiger partial charge < -0.3 is 0 Å². The Labute approximate surface area is 84.0 Å². The number of aryl methyl sites for hydroxylation is 2. The first-order valence-corrected chi connectivity index (χ1v) is 5.87. The van der Waals surface area contributed by atoms with Gasteiger partial charge in [0.15, 0.2) is 0 Å². The Morgan fingerprint density at radius 2 is 1.93 bits per heavy atom. The number of hydrogen-bond acceptors (Lipinski definition) is 3. The average molecular weight is 217 g/mol. The summed E-state index contributed by atoms with van der Waals surface area (Å²) in [5.74, 6) is 0. The third-order valence-electron chi connectivity index (χ3n) is 2.46. The van der Waals surface area contributed by atoms with Crippen LogP contribution >= 0.6 is 0 Å². The van der Waals surface area contributed by atoms with Crippen molar-refractivity contribution in [3.8, 4) is 0 Å². The Balaban J connectivity index is 3.33. The van der Waals surface area contributed by atoms with Crippen molar-refractivity contribution >= 4 is 10.0 Å². The fourth-order valence-electron chi connectivity index (χ4n) is 1.54. The van der Waals surface area contributed by atoms with Crippen LogP contribution in [-0.2, 0) is 17.1 Å². The highest BCUT2D eigenvalue weighted by Crippen LogP contribution is 2.25. The van der Waals surface area contributed by atoms with E-state index in [1.54, 1.807) is 25.6 Å². The summed E-state index contributed by atoms with van der Waals surface area (Å²) in [6.07, 6.45) is 0. The van der Waals surface area contributed by atoms with Crippen LogP contribution in [0.15, 0.2) is 0 Å². The molecule has 14 heavy (non-hydrogen) atoms. The zero-order valence-corrected chi connectivity index (χ0v) is 9.59. The van der Waals surface area contributed by atoms with Crippen molar-refractivity contribution < 1.29 is 8.42 Å². The van der Waals surface area contributed by atoms with Crippen LogP contribution in [-0.4, -0.2) is 18.2 Å². The monoisotopic (exact) mass is 217 g/mol. The second kappa shape index (κ2) is 3.36. The standard InChI is InChI=1S/C8H15N3O2S/c1-5-8(6(2)11(4)10-5)7(3)14(9,12)13/h7H,1-4H3,(H2,9,12,13). The van der Waals surface area contributed by atoms with Gasteiger partial charge in [0, 0.05) is 18.3 Å². The zero-order chi connectivity index (χ0) is 11.1. The Morgan fingerprint density at radius 3 is 2.21 bits per heavy atom. The topological polar surface area (TPSA) is 78.0 Å². The largest absolute Gasteiger partial charge is 0.272 e. The Morgan fingerprint density at radius 1 is 1.43 bits per heavy atom. The van der Waals surface area contributed by atoms with Gasteiger partial charge in [-0.3, -0.25) is 4.68 Å². The number of rotatable bonds is 2. The summed E-state index contributed by atoms with van der Waals surface area (Å²) < 4.78 is 24.0. The summed E-state index contributed by atoms with van der Waals surface area (Å²) in [5, 5.41) is 8.54. The number of nitrogens with two attached hydrogens (primary N) is 1. The lowest BCUT2D eigenvalue weighted by molar-refractivity contribution is 0.587. The molecule has 0 aliphatic carbocycles.